The van der Waals surface area contributed by atoms with Gasteiger partial charge in [0, 0.05) is 13.2 Å². The minimum Gasteiger partial charge on any atom is -0.376 e. The van der Waals surface area contributed by atoms with Crippen LogP contribution in [0.15, 0.2) is 18.2 Å². The predicted molar refractivity (Wildman–Crippen MR) is 90.1 cm³/mol. The average molecular weight is 340 g/mol. The number of rotatable bonds is 6. The molecule has 23 heavy (non-hydrogen) atoms. The Balaban J connectivity index is 2.12. The molecule has 2 rings (SSSR count). The van der Waals surface area contributed by atoms with E-state index >= 15 is 0 Å². The van der Waals surface area contributed by atoms with Crippen LogP contribution in [-0.4, -0.2) is 46.4 Å². The van der Waals surface area contributed by atoms with Gasteiger partial charge in [0.2, 0.25) is 15.9 Å². The fourth-order valence-corrected chi connectivity index (χ4v) is 3.75. The van der Waals surface area contributed by atoms with Crippen molar-refractivity contribution >= 4 is 21.6 Å². The van der Waals surface area contributed by atoms with Crippen molar-refractivity contribution in [3.8, 4) is 0 Å². The monoisotopic (exact) mass is 340 g/mol. The summed E-state index contributed by atoms with van der Waals surface area (Å²) in [4.78, 5) is 12.2. The third-order valence-electron chi connectivity index (χ3n) is 3.93. The van der Waals surface area contributed by atoms with E-state index in [4.69, 9.17) is 4.74 Å². The zero-order valence-corrected chi connectivity index (χ0v) is 14.6. The van der Waals surface area contributed by atoms with Crippen LogP contribution in [-0.2, 0) is 19.6 Å². The SMILES string of the molecule is Cc1cccc(C)c1N(CC(=O)NC[C@H]1CCCO1)S(C)(=O)=O. The van der Waals surface area contributed by atoms with Gasteiger partial charge in [0.1, 0.15) is 6.54 Å². The molecule has 1 aliphatic heterocycles. The molecule has 1 aromatic rings. The summed E-state index contributed by atoms with van der Waals surface area (Å²) in [7, 11) is -3.55. The van der Waals surface area contributed by atoms with E-state index < -0.39 is 10.0 Å². The molecule has 1 heterocycles. The van der Waals surface area contributed by atoms with Gasteiger partial charge in [-0.05, 0) is 37.8 Å². The molecule has 1 aromatic carbocycles. The lowest BCUT2D eigenvalue weighted by atomic mass is 10.1. The fraction of sp³-hybridized carbons (Fsp3) is 0.562. The van der Waals surface area contributed by atoms with Crippen LogP contribution in [0.1, 0.15) is 24.0 Å². The lowest BCUT2D eigenvalue weighted by Crippen LogP contribution is -2.43. The van der Waals surface area contributed by atoms with E-state index in [1.165, 1.54) is 4.31 Å². The second kappa shape index (κ2) is 7.31. The Kier molecular flexibility index (Phi) is 5.64. The van der Waals surface area contributed by atoms with Gasteiger partial charge in [-0.3, -0.25) is 9.10 Å². The molecule has 0 unspecified atom stereocenters. The molecule has 0 aromatic heterocycles. The molecule has 1 saturated heterocycles. The first kappa shape index (κ1) is 17.7. The lowest BCUT2D eigenvalue weighted by molar-refractivity contribution is -0.120. The van der Waals surface area contributed by atoms with E-state index in [1.54, 1.807) is 0 Å². The quantitative estimate of drug-likeness (QED) is 0.848. The molecule has 0 bridgehead atoms. The maximum Gasteiger partial charge on any atom is 0.240 e. The van der Waals surface area contributed by atoms with E-state index in [-0.39, 0.29) is 18.6 Å². The van der Waals surface area contributed by atoms with E-state index in [0.717, 1.165) is 36.8 Å². The highest BCUT2D eigenvalue weighted by atomic mass is 32.2. The first-order chi connectivity index (χ1) is 10.8. The Hall–Kier alpha value is -1.60. The van der Waals surface area contributed by atoms with Crippen LogP contribution in [0.2, 0.25) is 0 Å². The largest absolute Gasteiger partial charge is 0.376 e. The molecule has 1 N–H and O–H groups in total. The van der Waals surface area contributed by atoms with Gasteiger partial charge in [-0.25, -0.2) is 8.42 Å². The molecule has 128 valence electrons. The van der Waals surface area contributed by atoms with Gasteiger partial charge in [-0.2, -0.15) is 0 Å². The average Bonchev–Trinajstić information content (AvgIpc) is 2.96. The Morgan fingerprint density at radius 3 is 2.52 bits per heavy atom. The van der Waals surface area contributed by atoms with Crippen LogP contribution in [0.5, 0.6) is 0 Å². The number of ether oxygens (including phenoxy) is 1. The van der Waals surface area contributed by atoms with Gasteiger partial charge < -0.3 is 10.1 Å². The highest BCUT2D eigenvalue weighted by Gasteiger charge is 2.24. The normalized spacial score (nSPS) is 18.0. The number of hydrogen-bond donors (Lipinski definition) is 1. The Labute approximate surface area is 137 Å². The first-order valence-electron chi connectivity index (χ1n) is 7.71. The molecule has 1 fully saturated rings. The number of amides is 1. The maximum atomic E-state index is 12.2. The van der Waals surface area contributed by atoms with E-state index in [0.29, 0.717) is 12.2 Å². The van der Waals surface area contributed by atoms with Crippen LogP contribution in [0, 0.1) is 13.8 Å². The third-order valence-corrected chi connectivity index (χ3v) is 5.04. The van der Waals surface area contributed by atoms with Crippen molar-refractivity contribution < 1.29 is 17.9 Å². The number of sulfonamides is 1. The molecule has 0 spiro atoms. The topological polar surface area (TPSA) is 75.7 Å². The number of hydrogen-bond acceptors (Lipinski definition) is 4. The first-order valence-corrected chi connectivity index (χ1v) is 9.56. The summed E-state index contributed by atoms with van der Waals surface area (Å²) in [5.41, 5.74) is 2.21. The highest BCUT2D eigenvalue weighted by Crippen LogP contribution is 2.26. The van der Waals surface area contributed by atoms with Crippen LogP contribution >= 0.6 is 0 Å². The number of anilines is 1. The Bertz CT molecular complexity index is 646. The smallest absolute Gasteiger partial charge is 0.240 e. The van der Waals surface area contributed by atoms with Gasteiger partial charge in [0.25, 0.3) is 0 Å². The molecule has 6 nitrogen and oxygen atoms in total. The maximum absolute atomic E-state index is 12.2. The summed E-state index contributed by atoms with van der Waals surface area (Å²) in [5, 5.41) is 2.77. The van der Waals surface area contributed by atoms with Crippen molar-refractivity contribution in [1.82, 2.24) is 5.32 Å². The van der Waals surface area contributed by atoms with E-state index in [1.807, 2.05) is 32.0 Å². The number of aryl methyl sites for hydroxylation is 2. The molecule has 1 amide bonds. The third kappa shape index (κ3) is 4.68. The zero-order chi connectivity index (χ0) is 17.0. The molecule has 0 aliphatic carbocycles. The Morgan fingerprint density at radius 1 is 1.35 bits per heavy atom. The molecule has 0 radical (unpaired) electrons. The molecular weight excluding hydrogens is 316 g/mol. The van der Waals surface area contributed by atoms with E-state index in [2.05, 4.69) is 5.32 Å². The highest BCUT2D eigenvalue weighted by molar-refractivity contribution is 7.92. The van der Waals surface area contributed by atoms with Gasteiger partial charge in [0.15, 0.2) is 0 Å². The van der Waals surface area contributed by atoms with Crippen molar-refractivity contribution in [1.29, 1.82) is 0 Å². The second-order valence-electron chi connectivity index (χ2n) is 5.95. The Morgan fingerprint density at radius 2 is 2.00 bits per heavy atom. The summed E-state index contributed by atoms with van der Waals surface area (Å²) in [6.07, 6.45) is 3.07. The van der Waals surface area contributed by atoms with Crippen LogP contribution < -0.4 is 9.62 Å². The lowest BCUT2D eigenvalue weighted by Gasteiger charge is -2.25. The predicted octanol–water partition coefficient (Wildman–Crippen LogP) is 1.36. The number of nitrogens with zero attached hydrogens (tertiary/aromatic N) is 1. The van der Waals surface area contributed by atoms with Gasteiger partial charge in [0.05, 0.1) is 18.0 Å². The summed E-state index contributed by atoms with van der Waals surface area (Å²) in [6.45, 7) is 4.59. The fourth-order valence-electron chi connectivity index (χ4n) is 2.78. The van der Waals surface area contributed by atoms with Crippen LogP contribution in [0.25, 0.3) is 0 Å². The van der Waals surface area contributed by atoms with Gasteiger partial charge >= 0.3 is 0 Å². The molecule has 0 saturated carbocycles. The minimum absolute atomic E-state index is 0.0332. The number of carbonyl (C=O) groups is 1. The van der Waals surface area contributed by atoms with Crippen LogP contribution in [0.3, 0.4) is 0 Å². The number of para-hydroxylation sites is 1. The van der Waals surface area contributed by atoms with E-state index in [9.17, 15) is 13.2 Å². The molecule has 1 aliphatic rings. The summed E-state index contributed by atoms with van der Waals surface area (Å²) in [5.74, 6) is -0.325. The number of nitrogens with one attached hydrogen (secondary N) is 1. The zero-order valence-electron chi connectivity index (χ0n) is 13.8. The van der Waals surface area contributed by atoms with Gasteiger partial charge in [-0.1, -0.05) is 18.2 Å². The van der Waals surface area contributed by atoms with Crippen molar-refractivity contribution in [2.45, 2.75) is 32.8 Å². The van der Waals surface area contributed by atoms with Crippen LogP contribution in [0.4, 0.5) is 5.69 Å². The summed E-state index contributed by atoms with van der Waals surface area (Å²) >= 11 is 0. The summed E-state index contributed by atoms with van der Waals surface area (Å²) < 4.78 is 30.9. The number of carbonyl (C=O) groups excluding carboxylic acids is 1. The van der Waals surface area contributed by atoms with Gasteiger partial charge in [-0.15, -0.1) is 0 Å². The van der Waals surface area contributed by atoms with Crippen molar-refractivity contribution in [3.63, 3.8) is 0 Å². The van der Waals surface area contributed by atoms with Crippen molar-refractivity contribution in [3.05, 3.63) is 29.3 Å². The molecular formula is C16H24N2O4S. The molecule has 7 heteroatoms. The number of benzene rings is 1. The molecule has 1 atom stereocenters. The minimum atomic E-state index is -3.55. The van der Waals surface area contributed by atoms with Crippen molar-refractivity contribution in [2.24, 2.45) is 0 Å². The van der Waals surface area contributed by atoms with Crippen molar-refractivity contribution in [2.75, 3.05) is 30.3 Å². The standard InChI is InChI=1S/C16H24N2O4S/c1-12-6-4-7-13(2)16(12)18(23(3,20)21)11-15(19)17-10-14-8-5-9-22-14/h4,6-7,14H,5,8-11H2,1-3H3,(H,17,19)/t14-/m1/s1. The summed E-state index contributed by atoms with van der Waals surface area (Å²) in [6, 6.07) is 5.54. The second-order valence-corrected chi connectivity index (χ2v) is 7.86.